The number of rotatable bonds is 8. The summed E-state index contributed by atoms with van der Waals surface area (Å²) in [6.07, 6.45) is 12.6. The summed E-state index contributed by atoms with van der Waals surface area (Å²) < 4.78 is 2.28. The van der Waals surface area contributed by atoms with Gasteiger partial charge in [0.1, 0.15) is 5.82 Å². The molecule has 4 heteroatoms. The van der Waals surface area contributed by atoms with E-state index in [1.54, 1.807) is 0 Å². The van der Waals surface area contributed by atoms with Gasteiger partial charge < -0.3 is 4.57 Å². The van der Waals surface area contributed by atoms with Crippen LogP contribution in [0.3, 0.4) is 0 Å². The summed E-state index contributed by atoms with van der Waals surface area (Å²) in [5, 5.41) is 0. The number of imidazole rings is 1. The van der Waals surface area contributed by atoms with Crippen molar-refractivity contribution in [3.63, 3.8) is 0 Å². The molecule has 1 aliphatic carbocycles. The second-order valence-corrected chi connectivity index (χ2v) is 7.13. The van der Waals surface area contributed by atoms with Crippen molar-refractivity contribution in [2.45, 2.75) is 78.3 Å². The molecule has 1 fully saturated rings. The van der Waals surface area contributed by atoms with Crippen molar-refractivity contribution in [1.29, 1.82) is 0 Å². The molecule has 0 aromatic carbocycles. The van der Waals surface area contributed by atoms with Gasteiger partial charge in [-0.25, -0.2) is 4.98 Å². The van der Waals surface area contributed by atoms with Gasteiger partial charge in [-0.05, 0) is 37.0 Å². The molecule has 1 unspecified atom stereocenters. The molecule has 1 atom stereocenters. The van der Waals surface area contributed by atoms with Gasteiger partial charge in [0.2, 0.25) is 0 Å². The van der Waals surface area contributed by atoms with E-state index < -0.39 is 0 Å². The van der Waals surface area contributed by atoms with Crippen molar-refractivity contribution in [1.82, 2.24) is 15.0 Å². The lowest BCUT2D eigenvalue weighted by molar-refractivity contribution is 0.152. The summed E-state index contributed by atoms with van der Waals surface area (Å²) >= 11 is 0. The number of hydrogen-bond donors (Lipinski definition) is 2. The van der Waals surface area contributed by atoms with E-state index in [1.165, 1.54) is 37.9 Å². The normalized spacial score (nSPS) is 19.3. The van der Waals surface area contributed by atoms with E-state index in [0.717, 1.165) is 19.4 Å². The first-order valence-corrected chi connectivity index (χ1v) is 8.57. The quantitative estimate of drug-likeness (QED) is 0.571. The van der Waals surface area contributed by atoms with Crippen LogP contribution in [0.5, 0.6) is 0 Å². The second-order valence-electron chi connectivity index (χ2n) is 7.13. The number of nitrogens with two attached hydrogens (primary N) is 1. The van der Waals surface area contributed by atoms with Gasteiger partial charge in [-0.2, -0.15) is 0 Å². The summed E-state index contributed by atoms with van der Waals surface area (Å²) in [5.41, 5.74) is 3.50. The Kier molecular flexibility index (Phi) is 5.82. The first-order valence-electron chi connectivity index (χ1n) is 8.57. The van der Waals surface area contributed by atoms with E-state index >= 15 is 0 Å². The molecule has 0 aliphatic heterocycles. The van der Waals surface area contributed by atoms with Crippen LogP contribution in [0.25, 0.3) is 0 Å². The highest BCUT2D eigenvalue weighted by atomic mass is 15.2. The predicted molar refractivity (Wildman–Crippen MR) is 87.7 cm³/mol. The third-order valence-corrected chi connectivity index (χ3v) is 5.01. The highest BCUT2D eigenvalue weighted by Crippen LogP contribution is 2.46. The molecule has 0 saturated heterocycles. The standard InChI is InChI=1S/C17H32N4/c1-4-10-21-11-9-19-16(21)12-15(20-18)17(13-14(2)3)7-5-6-8-17/h9,11,14-15,20H,4-8,10,12-13,18H2,1-3H3. The van der Waals surface area contributed by atoms with Crippen LogP contribution in [0.1, 0.15) is 65.1 Å². The van der Waals surface area contributed by atoms with Crippen LogP contribution < -0.4 is 11.3 Å². The Balaban J connectivity index is 2.15. The maximum atomic E-state index is 5.97. The lowest BCUT2D eigenvalue weighted by atomic mass is 9.71. The summed E-state index contributed by atoms with van der Waals surface area (Å²) in [4.78, 5) is 4.57. The largest absolute Gasteiger partial charge is 0.335 e. The maximum Gasteiger partial charge on any atom is 0.110 e. The van der Waals surface area contributed by atoms with Crippen molar-refractivity contribution in [2.24, 2.45) is 17.2 Å². The number of nitrogens with zero attached hydrogens (tertiary/aromatic N) is 2. The fourth-order valence-corrected chi connectivity index (χ4v) is 4.20. The summed E-state index contributed by atoms with van der Waals surface area (Å²) in [7, 11) is 0. The van der Waals surface area contributed by atoms with E-state index in [-0.39, 0.29) is 0 Å². The molecule has 3 N–H and O–H groups in total. The van der Waals surface area contributed by atoms with Gasteiger partial charge in [-0.1, -0.05) is 33.6 Å². The summed E-state index contributed by atoms with van der Waals surface area (Å²) in [6.45, 7) is 7.90. The third kappa shape index (κ3) is 3.86. The van der Waals surface area contributed by atoms with Gasteiger partial charge in [-0.15, -0.1) is 0 Å². The van der Waals surface area contributed by atoms with Crippen LogP contribution in [0.15, 0.2) is 12.4 Å². The Morgan fingerprint density at radius 1 is 1.38 bits per heavy atom. The molecule has 1 aromatic rings. The van der Waals surface area contributed by atoms with Gasteiger partial charge in [0.05, 0.1) is 0 Å². The van der Waals surface area contributed by atoms with Gasteiger partial charge in [0.15, 0.2) is 0 Å². The average Bonchev–Trinajstić information content (AvgIpc) is 3.06. The molecule has 0 spiro atoms. The molecular formula is C17H32N4. The molecule has 0 bridgehead atoms. The van der Waals surface area contributed by atoms with Crippen LogP contribution >= 0.6 is 0 Å². The molecule has 1 saturated carbocycles. The van der Waals surface area contributed by atoms with Gasteiger partial charge in [-0.3, -0.25) is 11.3 Å². The predicted octanol–water partition coefficient (Wildman–Crippen LogP) is 3.27. The molecule has 0 amide bonds. The molecule has 0 radical (unpaired) electrons. The van der Waals surface area contributed by atoms with E-state index in [9.17, 15) is 0 Å². The van der Waals surface area contributed by atoms with Crippen LogP contribution in [0.2, 0.25) is 0 Å². The molecule has 21 heavy (non-hydrogen) atoms. The number of aryl methyl sites for hydroxylation is 1. The zero-order valence-electron chi connectivity index (χ0n) is 13.9. The fraction of sp³-hybridized carbons (Fsp3) is 0.824. The zero-order valence-corrected chi connectivity index (χ0v) is 13.9. The molecule has 120 valence electrons. The fourth-order valence-electron chi connectivity index (χ4n) is 4.20. The Bertz CT molecular complexity index is 418. The van der Waals surface area contributed by atoms with E-state index in [0.29, 0.717) is 17.4 Å². The minimum absolute atomic E-state index is 0.334. The number of nitrogens with one attached hydrogen (secondary N) is 1. The molecule has 2 rings (SSSR count). The van der Waals surface area contributed by atoms with Crippen molar-refractivity contribution in [2.75, 3.05) is 0 Å². The Labute approximate surface area is 129 Å². The van der Waals surface area contributed by atoms with Crippen molar-refractivity contribution in [3.8, 4) is 0 Å². The van der Waals surface area contributed by atoms with Crippen molar-refractivity contribution >= 4 is 0 Å². The van der Waals surface area contributed by atoms with Gasteiger partial charge in [0, 0.05) is 31.4 Å². The smallest absolute Gasteiger partial charge is 0.110 e. The first-order chi connectivity index (χ1) is 10.1. The van der Waals surface area contributed by atoms with Crippen LogP contribution in [0, 0.1) is 11.3 Å². The van der Waals surface area contributed by atoms with Gasteiger partial charge >= 0.3 is 0 Å². The Morgan fingerprint density at radius 2 is 2.10 bits per heavy atom. The van der Waals surface area contributed by atoms with Gasteiger partial charge in [0.25, 0.3) is 0 Å². The number of hydrazine groups is 1. The lowest BCUT2D eigenvalue weighted by Crippen LogP contribution is -2.49. The number of aromatic nitrogens is 2. The highest BCUT2D eigenvalue weighted by molar-refractivity contribution is 5.02. The second kappa shape index (κ2) is 7.41. The van der Waals surface area contributed by atoms with Crippen molar-refractivity contribution < 1.29 is 0 Å². The van der Waals surface area contributed by atoms with Crippen LogP contribution in [-0.4, -0.2) is 15.6 Å². The molecule has 1 aliphatic rings. The zero-order chi connectivity index (χ0) is 15.3. The topological polar surface area (TPSA) is 55.9 Å². The number of hydrogen-bond acceptors (Lipinski definition) is 3. The minimum atomic E-state index is 0.334. The summed E-state index contributed by atoms with van der Waals surface area (Å²) in [6, 6.07) is 0.334. The van der Waals surface area contributed by atoms with Crippen LogP contribution in [0.4, 0.5) is 0 Å². The van der Waals surface area contributed by atoms with Crippen LogP contribution in [-0.2, 0) is 13.0 Å². The van der Waals surface area contributed by atoms with E-state index in [4.69, 9.17) is 5.84 Å². The molecular weight excluding hydrogens is 260 g/mol. The molecule has 1 heterocycles. The first kappa shape index (κ1) is 16.5. The average molecular weight is 292 g/mol. The monoisotopic (exact) mass is 292 g/mol. The highest BCUT2D eigenvalue weighted by Gasteiger charge is 2.41. The molecule has 1 aromatic heterocycles. The summed E-state index contributed by atoms with van der Waals surface area (Å²) in [5.74, 6) is 7.86. The Morgan fingerprint density at radius 3 is 2.67 bits per heavy atom. The lowest BCUT2D eigenvalue weighted by Gasteiger charge is -2.38. The third-order valence-electron chi connectivity index (χ3n) is 5.01. The van der Waals surface area contributed by atoms with E-state index in [1.807, 2.05) is 6.20 Å². The SMILES string of the molecule is CCCn1ccnc1CC(NN)C1(CC(C)C)CCCC1. The molecule has 4 nitrogen and oxygen atoms in total. The minimum Gasteiger partial charge on any atom is -0.335 e. The maximum absolute atomic E-state index is 5.97. The van der Waals surface area contributed by atoms with E-state index in [2.05, 4.69) is 41.9 Å². The Hall–Kier alpha value is -0.870. The van der Waals surface area contributed by atoms with Crippen molar-refractivity contribution in [3.05, 3.63) is 18.2 Å².